The fourth-order valence-electron chi connectivity index (χ4n) is 1.82. The summed E-state index contributed by atoms with van der Waals surface area (Å²) in [6, 6.07) is 0.187. The Hall–Kier alpha value is -1.15. The first-order chi connectivity index (χ1) is 9.16. The number of ether oxygens (including phenoxy) is 1. The van der Waals surface area contributed by atoms with E-state index in [-0.39, 0.29) is 18.1 Å². The van der Waals surface area contributed by atoms with Crippen LogP contribution in [0.15, 0.2) is 5.16 Å². The van der Waals surface area contributed by atoms with E-state index in [0.29, 0.717) is 17.5 Å². The van der Waals surface area contributed by atoms with Crippen LogP contribution in [0.5, 0.6) is 0 Å². The summed E-state index contributed by atoms with van der Waals surface area (Å²) in [5.41, 5.74) is 0. The Kier molecular flexibility index (Phi) is 5.15. The molecule has 1 unspecified atom stereocenters. The Morgan fingerprint density at radius 1 is 1.63 bits per heavy atom. The maximum absolute atomic E-state index is 11.7. The summed E-state index contributed by atoms with van der Waals surface area (Å²) >= 11 is 1.35. The number of nitrogens with one attached hydrogen (secondary N) is 1. The maximum Gasteiger partial charge on any atom is 0.230 e. The minimum Gasteiger partial charge on any atom is -0.376 e. The quantitative estimate of drug-likeness (QED) is 0.772. The van der Waals surface area contributed by atoms with Crippen LogP contribution in [0.4, 0.5) is 0 Å². The molecule has 0 saturated carbocycles. The monoisotopic (exact) mass is 285 g/mol. The van der Waals surface area contributed by atoms with Crippen molar-refractivity contribution in [1.29, 1.82) is 0 Å². The highest BCUT2D eigenvalue weighted by atomic mass is 32.2. The van der Waals surface area contributed by atoms with Crippen LogP contribution in [-0.2, 0) is 9.53 Å². The molecule has 2 heterocycles. The van der Waals surface area contributed by atoms with Gasteiger partial charge in [0.2, 0.25) is 11.1 Å². The Morgan fingerprint density at radius 3 is 3.16 bits per heavy atom. The first-order valence-electron chi connectivity index (χ1n) is 6.46. The van der Waals surface area contributed by atoms with Crippen molar-refractivity contribution in [2.45, 2.75) is 44.0 Å². The van der Waals surface area contributed by atoms with Gasteiger partial charge in [-0.3, -0.25) is 4.79 Å². The number of hydrogen-bond donors (Lipinski definition) is 1. The minimum absolute atomic E-state index is 0.0150. The standard InChI is InChI=1S/C11H19N5O2S/c1-8(2)16-11(13-14-15-16)19-7-10(17)12-6-9-4-3-5-18-9/h8-9H,3-7H2,1-2H3,(H,12,17). The number of nitrogens with zero attached hydrogens (tertiary/aromatic N) is 4. The van der Waals surface area contributed by atoms with Crippen molar-refractivity contribution in [3.05, 3.63) is 0 Å². The Labute approximate surface area is 116 Å². The van der Waals surface area contributed by atoms with Crippen molar-refractivity contribution in [3.63, 3.8) is 0 Å². The van der Waals surface area contributed by atoms with E-state index in [2.05, 4.69) is 20.8 Å². The normalized spacial score (nSPS) is 19.0. The van der Waals surface area contributed by atoms with Crippen LogP contribution in [0.2, 0.25) is 0 Å². The number of amides is 1. The molecule has 0 aromatic carbocycles. The molecule has 1 aliphatic heterocycles. The smallest absolute Gasteiger partial charge is 0.230 e. The predicted molar refractivity (Wildman–Crippen MR) is 70.9 cm³/mol. The highest BCUT2D eigenvalue weighted by Crippen LogP contribution is 2.17. The van der Waals surface area contributed by atoms with Crippen molar-refractivity contribution in [2.75, 3.05) is 18.9 Å². The van der Waals surface area contributed by atoms with E-state index >= 15 is 0 Å². The van der Waals surface area contributed by atoms with Crippen LogP contribution in [0, 0.1) is 0 Å². The molecule has 1 aromatic rings. The van der Waals surface area contributed by atoms with Gasteiger partial charge in [0, 0.05) is 13.2 Å². The van der Waals surface area contributed by atoms with Crippen LogP contribution in [0.25, 0.3) is 0 Å². The molecule has 1 atom stereocenters. The predicted octanol–water partition coefficient (Wildman–Crippen LogP) is 0.641. The van der Waals surface area contributed by atoms with Crippen molar-refractivity contribution < 1.29 is 9.53 Å². The van der Waals surface area contributed by atoms with Crippen molar-refractivity contribution in [2.24, 2.45) is 0 Å². The number of aromatic nitrogens is 4. The summed E-state index contributed by atoms with van der Waals surface area (Å²) in [6.07, 6.45) is 2.28. The summed E-state index contributed by atoms with van der Waals surface area (Å²) in [7, 11) is 0. The third kappa shape index (κ3) is 4.17. The average Bonchev–Trinajstić information content (AvgIpc) is 3.04. The number of rotatable bonds is 6. The summed E-state index contributed by atoms with van der Waals surface area (Å²) in [5, 5.41) is 15.0. The number of tetrazole rings is 1. The van der Waals surface area contributed by atoms with E-state index in [1.54, 1.807) is 4.68 Å². The molecule has 1 N–H and O–H groups in total. The van der Waals surface area contributed by atoms with Gasteiger partial charge in [-0.15, -0.1) is 5.10 Å². The lowest BCUT2D eigenvalue weighted by Gasteiger charge is -2.10. The molecule has 19 heavy (non-hydrogen) atoms. The van der Waals surface area contributed by atoms with E-state index in [0.717, 1.165) is 19.4 Å². The zero-order chi connectivity index (χ0) is 13.7. The second kappa shape index (κ2) is 6.85. The molecule has 1 saturated heterocycles. The molecule has 7 nitrogen and oxygen atoms in total. The van der Waals surface area contributed by atoms with Gasteiger partial charge < -0.3 is 10.1 Å². The number of hydrogen-bond acceptors (Lipinski definition) is 6. The summed E-state index contributed by atoms with van der Waals surface area (Å²) in [4.78, 5) is 11.7. The number of carbonyl (C=O) groups is 1. The summed E-state index contributed by atoms with van der Waals surface area (Å²) < 4.78 is 7.15. The second-order valence-corrected chi connectivity index (χ2v) is 5.67. The molecule has 1 aliphatic rings. The van der Waals surface area contributed by atoms with E-state index in [9.17, 15) is 4.79 Å². The molecule has 0 spiro atoms. The van der Waals surface area contributed by atoms with Gasteiger partial charge in [-0.05, 0) is 37.1 Å². The third-order valence-corrected chi connectivity index (χ3v) is 3.77. The van der Waals surface area contributed by atoms with Gasteiger partial charge in [0.25, 0.3) is 0 Å². The highest BCUT2D eigenvalue weighted by molar-refractivity contribution is 7.99. The van der Waals surface area contributed by atoms with E-state index in [4.69, 9.17) is 4.74 Å². The topological polar surface area (TPSA) is 81.9 Å². The van der Waals surface area contributed by atoms with Gasteiger partial charge in [-0.2, -0.15) is 0 Å². The molecule has 1 amide bonds. The molecule has 1 fully saturated rings. The molecule has 8 heteroatoms. The molecule has 2 rings (SSSR count). The fourth-order valence-corrected chi connectivity index (χ4v) is 2.65. The highest BCUT2D eigenvalue weighted by Gasteiger charge is 2.17. The van der Waals surface area contributed by atoms with Crippen molar-refractivity contribution in [3.8, 4) is 0 Å². The van der Waals surface area contributed by atoms with E-state index in [1.165, 1.54) is 11.8 Å². The van der Waals surface area contributed by atoms with E-state index in [1.807, 2.05) is 13.8 Å². The largest absolute Gasteiger partial charge is 0.376 e. The van der Waals surface area contributed by atoms with Gasteiger partial charge in [0.05, 0.1) is 17.9 Å². The number of carbonyl (C=O) groups excluding carboxylic acids is 1. The van der Waals surface area contributed by atoms with E-state index < -0.39 is 0 Å². The molecule has 1 aromatic heterocycles. The lowest BCUT2D eigenvalue weighted by Crippen LogP contribution is -2.33. The first-order valence-corrected chi connectivity index (χ1v) is 7.44. The van der Waals surface area contributed by atoms with Gasteiger partial charge in [-0.25, -0.2) is 4.68 Å². The van der Waals surface area contributed by atoms with Crippen LogP contribution in [0.1, 0.15) is 32.7 Å². The third-order valence-electron chi connectivity index (χ3n) is 2.84. The Morgan fingerprint density at radius 2 is 2.47 bits per heavy atom. The zero-order valence-electron chi connectivity index (χ0n) is 11.2. The lowest BCUT2D eigenvalue weighted by molar-refractivity contribution is -0.119. The molecule has 0 radical (unpaired) electrons. The minimum atomic E-state index is -0.0150. The van der Waals surface area contributed by atoms with Gasteiger partial charge in [-0.1, -0.05) is 11.8 Å². The maximum atomic E-state index is 11.7. The van der Waals surface area contributed by atoms with Gasteiger partial charge in [0.15, 0.2) is 0 Å². The molecule has 0 bridgehead atoms. The Bertz CT molecular complexity index is 417. The number of thioether (sulfide) groups is 1. The van der Waals surface area contributed by atoms with Gasteiger partial charge in [0.1, 0.15) is 0 Å². The average molecular weight is 285 g/mol. The second-order valence-electron chi connectivity index (χ2n) is 4.73. The van der Waals surface area contributed by atoms with Crippen LogP contribution in [0.3, 0.4) is 0 Å². The first kappa shape index (κ1) is 14.3. The van der Waals surface area contributed by atoms with Crippen molar-refractivity contribution in [1.82, 2.24) is 25.5 Å². The Balaban J connectivity index is 1.72. The van der Waals surface area contributed by atoms with Gasteiger partial charge >= 0.3 is 0 Å². The molecule has 106 valence electrons. The molecular formula is C11H19N5O2S. The van der Waals surface area contributed by atoms with Crippen LogP contribution in [-0.4, -0.2) is 51.1 Å². The van der Waals surface area contributed by atoms with Crippen LogP contribution >= 0.6 is 11.8 Å². The van der Waals surface area contributed by atoms with Crippen LogP contribution < -0.4 is 5.32 Å². The zero-order valence-corrected chi connectivity index (χ0v) is 12.0. The molecular weight excluding hydrogens is 266 g/mol. The summed E-state index contributed by atoms with van der Waals surface area (Å²) in [5.74, 6) is 0.304. The molecule has 0 aliphatic carbocycles. The fraction of sp³-hybridized carbons (Fsp3) is 0.818. The SMILES string of the molecule is CC(C)n1nnnc1SCC(=O)NCC1CCCO1. The lowest BCUT2D eigenvalue weighted by atomic mass is 10.2. The van der Waals surface area contributed by atoms with Crippen molar-refractivity contribution >= 4 is 17.7 Å². The summed E-state index contributed by atoms with van der Waals surface area (Å²) in [6.45, 7) is 5.39.